The number of amides is 1. The van der Waals surface area contributed by atoms with Gasteiger partial charge in [-0.05, 0) is 45.0 Å². The van der Waals surface area contributed by atoms with Crippen LogP contribution in [0.5, 0.6) is 0 Å². The summed E-state index contributed by atoms with van der Waals surface area (Å²) in [5.74, 6) is 1.38. The average Bonchev–Trinajstić information content (AvgIpc) is 2.69. The van der Waals surface area contributed by atoms with Crippen molar-refractivity contribution in [2.45, 2.75) is 26.8 Å². The van der Waals surface area contributed by atoms with Crippen LogP contribution in [-0.4, -0.2) is 5.91 Å². The highest BCUT2D eigenvalue weighted by Gasteiger charge is 2.12. The molecule has 2 aromatic rings. The second-order valence-corrected chi connectivity index (χ2v) is 4.68. The van der Waals surface area contributed by atoms with Gasteiger partial charge in [-0.1, -0.05) is 6.07 Å². The summed E-state index contributed by atoms with van der Waals surface area (Å²) in [6, 6.07) is 9.28. The van der Waals surface area contributed by atoms with Crippen molar-refractivity contribution in [3.8, 4) is 0 Å². The van der Waals surface area contributed by atoms with Crippen LogP contribution in [0.1, 0.15) is 40.4 Å². The van der Waals surface area contributed by atoms with E-state index in [0.717, 1.165) is 22.8 Å². The van der Waals surface area contributed by atoms with E-state index in [2.05, 4.69) is 5.32 Å². The molecule has 0 aliphatic rings. The number of aryl methyl sites for hydroxylation is 2. The fourth-order valence-electron chi connectivity index (χ4n) is 2.17. The van der Waals surface area contributed by atoms with Crippen LogP contribution in [0.3, 0.4) is 0 Å². The zero-order valence-electron chi connectivity index (χ0n) is 11.4. The molecule has 1 atom stereocenters. The van der Waals surface area contributed by atoms with Gasteiger partial charge in [0.25, 0.3) is 0 Å². The molecule has 1 amide bonds. The number of carbonyl (C=O) groups excluding carboxylic acids is 1. The Bertz CT molecular complexity index is 602. The maximum atomic E-state index is 11.1. The third-order valence-electron chi connectivity index (χ3n) is 3.08. The SMILES string of the molecule is Cc1cc(C(C)Nc2cccc(C(N)=O)c2)c(C)o1. The lowest BCUT2D eigenvalue weighted by Gasteiger charge is -2.15. The Morgan fingerprint density at radius 3 is 2.63 bits per heavy atom. The fourth-order valence-corrected chi connectivity index (χ4v) is 2.17. The van der Waals surface area contributed by atoms with Crippen molar-refractivity contribution in [2.24, 2.45) is 5.73 Å². The topological polar surface area (TPSA) is 68.3 Å². The van der Waals surface area contributed by atoms with E-state index in [1.54, 1.807) is 12.1 Å². The lowest BCUT2D eigenvalue weighted by molar-refractivity contribution is 0.100. The van der Waals surface area contributed by atoms with Crippen LogP contribution in [0, 0.1) is 13.8 Å². The van der Waals surface area contributed by atoms with E-state index >= 15 is 0 Å². The quantitative estimate of drug-likeness (QED) is 0.885. The molecule has 1 unspecified atom stereocenters. The molecular weight excluding hydrogens is 240 g/mol. The first-order valence-corrected chi connectivity index (χ1v) is 6.20. The van der Waals surface area contributed by atoms with E-state index in [9.17, 15) is 4.79 Å². The van der Waals surface area contributed by atoms with Gasteiger partial charge in [0, 0.05) is 16.8 Å². The number of benzene rings is 1. The summed E-state index contributed by atoms with van der Waals surface area (Å²) in [5, 5.41) is 3.34. The van der Waals surface area contributed by atoms with Crippen molar-refractivity contribution in [3.63, 3.8) is 0 Å². The molecule has 0 saturated carbocycles. The molecule has 0 radical (unpaired) electrons. The van der Waals surface area contributed by atoms with Gasteiger partial charge in [0.2, 0.25) is 5.91 Å². The van der Waals surface area contributed by atoms with Gasteiger partial charge in [-0.15, -0.1) is 0 Å². The highest BCUT2D eigenvalue weighted by atomic mass is 16.3. The van der Waals surface area contributed by atoms with Crippen molar-refractivity contribution >= 4 is 11.6 Å². The van der Waals surface area contributed by atoms with Crippen molar-refractivity contribution in [1.29, 1.82) is 0 Å². The zero-order chi connectivity index (χ0) is 14.0. The van der Waals surface area contributed by atoms with Crippen molar-refractivity contribution in [2.75, 3.05) is 5.32 Å². The van der Waals surface area contributed by atoms with Crippen LogP contribution in [0.15, 0.2) is 34.7 Å². The minimum Gasteiger partial charge on any atom is -0.466 e. The Balaban J connectivity index is 2.19. The summed E-state index contributed by atoms with van der Waals surface area (Å²) < 4.78 is 5.52. The maximum Gasteiger partial charge on any atom is 0.248 e. The molecule has 0 saturated heterocycles. The molecule has 0 aliphatic heterocycles. The predicted molar refractivity (Wildman–Crippen MR) is 75.2 cm³/mol. The third kappa shape index (κ3) is 2.96. The molecule has 19 heavy (non-hydrogen) atoms. The molecule has 100 valence electrons. The van der Waals surface area contributed by atoms with Crippen LogP contribution in [0.2, 0.25) is 0 Å². The zero-order valence-corrected chi connectivity index (χ0v) is 11.4. The number of rotatable bonds is 4. The Kier molecular flexibility index (Phi) is 3.60. The Morgan fingerprint density at radius 2 is 2.05 bits per heavy atom. The largest absolute Gasteiger partial charge is 0.466 e. The number of furan rings is 1. The first kappa shape index (κ1) is 13.2. The van der Waals surface area contributed by atoms with Crippen LogP contribution < -0.4 is 11.1 Å². The van der Waals surface area contributed by atoms with Gasteiger partial charge in [-0.2, -0.15) is 0 Å². The predicted octanol–water partition coefficient (Wildman–Crippen LogP) is 3.17. The molecule has 1 aromatic heterocycles. The fraction of sp³-hybridized carbons (Fsp3) is 0.267. The molecule has 0 spiro atoms. The Morgan fingerprint density at radius 1 is 1.32 bits per heavy atom. The summed E-state index contributed by atoms with van der Waals surface area (Å²) in [4.78, 5) is 11.1. The van der Waals surface area contributed by atoms with Gasteiger partial charge in [0.15, 0.2) is 0 Å². The van der Waals surface area contributed by atoms with Gasteiger partial charge >= 0.3 is 0 Å². The summed E-state index contributed by atoms with van der Waals surface area (Å²) in [5.41, 5.74) is 7.74. The maximum absolute atomic E-state index is 11.1. The highest BCUT2D eigenvalue weighted by molar-refractivity contribution is 5.93. The van der Waals surface area contributed by atoms with E-state index in [-0.39, 0.29) is 6.04 Å². The summed E-state index contributed by atoms with van der Waals surface area (Å²) >= 11 is 0. The lowest BCUT2D eigenvalue weighted by atomic mass is 10.1. The molecule has 0 fully saturated rings. The van der Waals surface area contributed by atoms with Gasteiger partial charge in [-0.25, -0.2) is 0 Å². The Hall–Kier alpha value is -2.23. The van der Waals surface area contributed by atoms with E-state index in [1.165, 1.54) is 0 Å². The summed E-state index contributed by atoms with van der Waals surface area (Å²) in [6.45, 7) is 5.92. The smallest absolute Gasteiger partial charge is 0.248 e. The summed E-state index contributed by atoms with van der Waals surface area (Å²) in [7, 11) is 0. The molecule has 3 N–H and O–H groups in total. The molecule has 0 aliphatic carbocycles. The number of nitrogens with two attached hydrogens (primary N) is 1. The van der Waals surface area contributed by atoms with E-state index in [1.807, 2.05) is 39.0 Å². The van der Waals surface area contributed by atoms with E-state index in [0.29, 0.717) is 5.56 Å². The molecule has 4 heteroatoms. The van der Waals surface area contributed by atoms with Crippen LogP contribution in [0.25, 0.3) is 0 Å². The molecule has 0 bridgehead atoms. The lowest BCUT2D eigenvalue weighted by Crippen LogP contribution is -2.12. The van der Waals surface area contributed by atoms with E-state index < -0.39 is 5.91 Å². The Labute approximate surface area is 112 Å². The van der Waals surface area contributed by atoms with Gasteiger partial charge in [0.1, 0.15) is 11.5 Å². The van der Waals surface area contributed by atoms with E-state index in [4.69, 9.17) is 10.2 Å². The standard InChI is InChI=1S/C15H18N2O2/c1-9-7-14(11(3)19-9)10(2)17-13-6-4-5-12(8-13)15(16)18/h4-8,10,17H,1-3H3,(H2,16,18). The van der Waals surface area contributed by atoms with Crippen molar-refractivity contribution < 1.29 is 9.21 Å². The minimum atomic E-state index is -0.424. The van der Waals surface area contributed by atoms with Crippen LogP contribution >= 0.6 is 0 Å². The summed E-state index contributed by atoms with van der Waals surface area (Å²) in [6.07, 6.45) is 0. The number of nitrogens with one attached hydrogen (secondary N) is 1. The highest BCUT2D eigenvalue weighted by Crippen LogP contribution is 2.25. The molecule has 1 heterocycles. The van der Waals surface area contributed by atoms with Crippen LogP contribution in [-0.2, 0) is 0 Å². The minimum absolute atomic E-state index is 0.0978. The second kappa shape index (κ2) is 5.18. The number of anilines is 1. The molecule has 1 aromatic carbocycles. The van der Waals surface area contributed by atoms with Crippen LogP contribution in [0.4, 0.5) is 5.69 Å². The average molecular weight is 258 g/mol. The molecule has 2 rings (SSSR count). The normalized spacial score (nSPS) is 12.2. The molecular formula is C15H18N2O2. The van der Waals surface area contributed by atoms with Gasteiger partial charge in [0.05, 0.1) is 6.04 Å². The van der Waals surface area contributed by atoms with Crippen molar-refractivity contribution in [1.82, 2.24) is 0 Å². The third-order valence-corrected chi connectivity index (χ3v) is 3.08. The molecule has 4 nitrogen and oxygen atoms in total. The van der Waals surface area contributed by atoms with Crippen molar-refractivity contribution in [3.05, 3.63) is 53.0 Å². The monoisotopic (exact) mass is 258 g/mol. The number of hydrogen-bond acceptors (Lipinski definition) is 3. The second-order valence-electron chi connectivity index (χ2n) is 4.68. The number of hydrogen-bond donors (Lipinski definition) is 2. The first-order valence-electron chi connectivity index (χ1n) is 6.20. The number of primary amides is 1. The van der Waals surface area contributed by atoms with Gasteiger partial charge < -0.3 is 15.5 Å². The number of carbonyl (C=O) groups is 1. The first-order chi connectivity index (χ1) is 8.97. The van der Waals surface area contributed by atoms with Gasteiger partial charge in [-0.3, -0.25) is 4.79 Å².